The molecule has 46 heavy (non-hydrogen) atoms. The molecule has 0 aromatic rings. The minimum absolute atomic E-state index is 0.145. The van der Waals surface area contributed by atoms with E-state index < -0.39 is 0 Å². The molecule has 0 aliphatic carbocycles. The molecule has 0 atom stereocenters. The van der Waals surface area contributed by atoms with Crippen LogP contribution in [-0.2, 0) is 57.0 Å². The molecule has 0 N–H and O–H groups in total. The first-order chi connectivity index (χ1) is 22.7. The number of hydrogen-bond acceptors (Lipinski definition) is 12. The highest BCUT2D eigenvalue weighted by molar-refractivity contribution is 5.69. The van der Waals surface area contributed by atoms with Crippen molar-refractivity contribution in [2.24, 2.45) is 0 Å². The summed E-state index contributed by atoms with van der Waals surface area (Å²) >= 11 is 0. The van der Waals surface area contributed by atoms with Crippen molar-refractivity contribution in [2.45, 2.75) is 90.9 Å². The lowest BCUT2D eigenvalue weighted by Crippen LogP contribution is -2.15. The first-order valence-corrected chi connectivity index (χ1v) is 17.6. The van der Waals surface area contributed by atoms with Crippen molar-refractivity contribution >= 4 is 11.9 Å². The summed E-state index contributed by atoms with van der Waals surface area (Å²) in [7, 11) is 0. The quantitative estimate of drug-likeness (QED) is 0.0653. The van der Waals surface area contributed by atoms with Crippen LogP contribution in [0.4, 0.5) is 0 Å². The summed E-state index contributed by atoms with van der Waals surface area (Å²) in [6.07, 6.45) is 12.2. The van der Waals surface area contributed by atoms with Crippen molar-refractivity contribution < 1.29 is 57.0 Å². The Bertz CT molecular complexity index is 623. The van der Waals surface area contributed by atoms with Gasteiger partial charge in [0.05, 0.1) is 106 Å². The first-order valence-electron chi connectivity index (χ1n) is 17.6. The van der Waals surface area contributed by atoms with Gasteiger partial charge in [0.15, 0.2) is 0 Å². The van der Waals surface area contributed by atoms with Crippen LogP contribution in [0.25, 0.3) is 0 Å². The Kier molecular flexibility index (Phi) is 38.6. The highest BCUT2D eigenvalue weighted by Gasteiger charge is 2.03. The molecule has 0 rings (SSSR count). The minimum atomic E-state index is -0.154. The molecule has 0 saturated carbocycles. The van der Waals surface area contributed by atoms with Gasteiger partial charge in [-0.05, 0) is 12.8 Å². The van der Waals surface area contributed by atoms with Crippen LogP contribution in [-0.4, -0.2) is 131 Å². The Labute approximate surface area is 278 Å². The molecule has 0 bridgehead atoms. The van der Waals surface area contributed by atoms with Crippen LogP contribution in [0.5, 0.6) is 0 Å². The molecule has 0 unspecified atom stereocenters. The number of carbonyl (C=O) groups is 2. The standard InChI is InChI=1S/C34H66O12/c1-3-5-7-9-10-12-14-34(36)46-32-30-44-28-26-42-24-22-40-20-18-38-16-15-37-17-19-39-21-23-41-25-27-43-29-31-45-33(35)13-11-8-6-4-2/h3-32H2,1-2H3. The van der Waals surface area contributed by atoms with Crippen molar-refractivity contribution in [1.82, 2.24) is 0 Å². The topological polar surface area (TPSA) is 126 Å². The summed E-state index contributed by atoms with van der Waals surface area (Å²) in [6.45, 7) is 12.4. The average molecular weight is 667 g/mol. The molecule has 0 aromatic carbocycles. The lowest BCUT2D eigenvalue weighted by atomic mass is 10.1. The maximum absolute atomic E-state index is 11.7. The molecule has 0 saturated heterocycles. The van der Waals surface area contributed by atoms with Crippen molar-refractivity contribution in [3.05, 3.63) is 0 Å². The van der Waals surface area contributed by atoms with Crippen LogP contribution in [0.3, 0.4) is 0 Å². The number of rotatable bonds is 39. The lowest BCUT2D eigenvalue weighted by molar-refractivity contribution is -0.146. The van der Waals surface area contributed by atoms with Crippen LogP contribution in [0, 0.1) is 0 Å². The number of unbranched alkanes of at least 4 members (excludes halogenated alkanes) is 8. The zero-order chi connectivity index (χ0) is 33.4. The monoisotopic (exact) mass is 666 g/mol. The van der Waals surface area contributed by atoms with Crippen LogP contribution in [0.1, 0.15) is 90.9 Å². The molecular formula is C34H66O12. The molecule has 0 aliphatic rings. The lowest BCUT2D eigenvalue weighted by Gasteiger charge is -2.09. The molecule has 0 spiro atoms. The van der Waals surface area contributed by atoms with E-state index in [-0.39, 0.29) is 25.2 Å². The van der Waals surface area contributed by atoms with Gasteiger partial charge in [-0.3, -0.25) is 9.59 Å². The van der Waals surface area contributed by atoms with Gasteiger partial charge in [-0.25, -0.2) is 0 Å². The van der Waals surface area contributed by atoms with E-state index in [1.54, 1.807) is 0 Å². The summed E-state index contributed by atoms with van der Waals surface area (Å²) in [6, 6.07) is 0. The van der Waals surface area contributed by atoms with E-state index in [0.29, 0.717) is 119 Å². The molecule has 0 fully saturated rings. The van der Waals surface area contributed by atoms with Crippen LogP contribution < -0.4 is 0 Å². The smallest absolute Gasteiger partial charge is 0.305 e. The molecule has 274 valence electrons. The summed E-state index contributed by atoms with van der Waals surface area (Å²) in [5.74, 6) is -0.299. The third-order valence-corrected chi connectivity index (χ3v) is 6.55. The third-order valence-electron chi connectivity index (χ3n) is 6.55. The Hall–Kier alpha value is -1.38. The predicted molar refractivity (Wildman–Crippen MR) is 175 cm³/mol. The average Bonchev–Trinajstić information content (AvgIpc) is 3.06. The number of esters is 2. The van der Waals surface area contributed by atoms with Gasteiger partial charge in [0.25, 0.3) is 0 Å². The zero-order valence-electron chi connectivity index (χ0n) is 29.1. The van der Waals surface area contributed by atoms with E-state index in [4.69, 9.17) is 47.4 Å². The van der Waals surface area contributed by atoms with Crippen molar-refractivity contribution in [3.63, 3.8) is 0 Å². The van der Waals surface area contributed by atoms with Crippen LogP contribution in [0.15, 0.2) is 0 Å². The molecule has 0 heterocycles. The van der Waals surface area contributed by atoms with Crippen molar-refractivity contribution in [2.75, 3.05) is 119 Å². The van der Waals surface area contributed by atoms with Gasteiger partial charge in [0.1, 0.15) is 13.2 Å². The second kappa shape index (κ2) is 39.8. The molecule has 12 heteroatoms. The molecular weight excluding hydrogens is 600 g/mol. The van der Waals surface area contributed by atoms with Crippen LogP contribution in [0.2, 0.25) is 0 Å². The normalized spacial score (nSPS) is 11.3. The van der Waals surface area contributed by atoms with E-state index in [1.165, 1.54) is 25.7 Å². The number of hydrogen-bond donors (Lipinski definition) is 0. The van der Waals surface area contributed by atoms with Gasteiger partial charge in [-0.15, -0.1) is 0 Å². The summed E-state index contributed by atoms with van der Waals surface area (Å²) < 4.78 is 53.9. The maximum Gasteiger partial charge on any atom is 0.305 e. The van der Waals surface area contributed by atoms with Gasteiger partial charge < -0.3 is 47.4 Å². The fourth-order valence-electron chi connectivity index (χ4n) is 3.96. The summed E-state index contributed by atoms with van der Waals surface area (Å²) in [5.41, 5.74) is 0. The van der Waals surface area contributed by atoms with Gasteiger partial charge in [-0.2, -0.15) is 0 Å². The van der Waals surface area contributed by atoms with Gasteiger partial charge in [-0.1, -0.05) is 65.2 Å². The highest BCUT2D eigenvalue weighted by Crippen LogP contribution is 2.07. The maximum atomic E-state index is 11.7. The fourth-order valence-corrected chi connectivity index (χ4v) is 3.96. The Morgan fingerprint density at radius 1 is 0.304 bits per heavy atom. The first kappa shape index (κ1) is 44.6. The van der Waals surface area contributed by atoms with Gasteiger partial charge >= 0.3 is 11.9 Å². The Balaban J connectivity index is 3.13. The minimum Gasteiger partial charge on any atom is -0.463 e. The zero-order valence-corrected chi connectivity index (χ0v) is 29.1. The SMILES string of the molecule is CCCCCCCCC(=O)OCCOCCOCCOCCOCCOCCOCCOCCOCCOC(=O)CCCCCC. The molecule has 0 amide bonds. The van der Waals surface area contributed by atoms with Gasteiger partial charge in [0, 0.05) is 12.8 Å². The second-order valence-electron chi connectivity index (χ2n) is 10.7. The van der Waals surface area contributed by atoms with E-state index in [0.717, 1.165) is 38.5 Å². The van der Waals surface area contributed by atoms with E-state index in [2.05, 4.69) is 13.8 Å². The number of ether oxygens (including phenoxy) is 10. The molecule has 12 nitrogen and oxygen atoms in total. The largest absolute Gasteiger partial charge is 0.463 e. The Morgan fingerprint density at radius 3 is 0.804 bits per heavy atom. The van der Waals surface area contributed by atoms with E-state index in [9.17, 15) is 9.59 Å². The van der Waals surface area contributed by atoms with Crippen molar-refractivity contribution in [1.29, 1.82) is 0 Å². The molecule has 0 aliphatic heterocycles. The highest BCUT2D eigenvalue weighted by atomic mass is 16.6. The Morgan fingerprint density at radius 2 is 0.522 bits per heavy atom. The summed E-state index contributed by atoms with van der Waals surface area (Å²) in [5, 5.41) is 0. The predicted octanol–water partition coefficient (Wildman–Crippen LogP) is 4.93. The molecule has 0 aromatic heterocycles. The van der Waals surface area contributed by atoms with E-state index >= 15 is 0 Å². The molecule has 0 radical (unpaired) electrons. The fraction of sp³-hybridized carbons (Fsp3) is 0.941. The van der Waals surface area contributed by atoms with Crippen molar-refractivity contribution in [3.8, 4) is 0 Å². The van der Waals surface area contributed by atoms with Gasteiger partial charge in [0.2, 0.25) is 0 Å². The third kappa shape index (κ3) is 38.8. The summed E-state index contributed by atoms with van der Waals surface area (Å²) in [4.78, 5) is 23.2. The second-order valence-corrected chi connectivity index (χ2v) is 10.7. The number of carbonyl (C=O) groups excluding carboxylic acids is 2. The van der Waals surface area contributed by atoms with E-state index in [1.807, 2.05) is 0 Å². The van der Waals surface area contributed by atoms with Crippen LogP contribution >= 0.6 is 0 Å².